The summed E-state index contributed by atoms with van der Waals surface area (Å²) in [6.07, 6.45) is 0. The number of anilines is 3. The summed E-state index contributed by atoms with van der Waals surface area (Å²) in [5.74, 6) is 0. The largest absolute Gasteiger partial charge is 0.456 e. The first-order chi connectivity index (χ1) is 23.3. The van der Waals surface area contributed by atoms with E-state index in [0.717, 1.165) is 39.0 Å². The minimum atomic E-state index is 0.919. The van der Waals surface area contributed by atoms with Crippen molar-refractivity contribution < 1.29 is 4.42 Å². The number of hydrogen-bond acceptors (Lipinski definition) is 3. The van der Waals surface area contributed by atoms with Gasteiger partial charge < -0.3 is 9.32 Å². The maximum absolute atomic E-state index is 6.31. The maximum atomic E-state index is 6.31. The number of fused-ring (bicyclic) bond motifs is 9. The van der Waals surface area contributed by atoms with E-state index in [1.807, 2.05) is 23.5 Å². The Labute approximate surface area is 275 Å². The molecule has 8 aromatic carbocycles. The van der Waals surface area contributed by atoms with Crippen LogP contribution in [-0.2, 0) is 0 Å². The van der Waals surface area contributed by atoms with E-state index >= 15 is 0 Å². The highest BCUT2D eigenvalue weighted by Gasteiger charge is 2.18. The van der Waals surface area contributed by atoms with Gasteiger partial charge in [-0.3, -0.25) is 0 Å². The highest BCUT2D eigenvalue weighted by Crippen LogP contribution is 2.44. The molecular weight excluding hydrogens is 591 g/mol. The first-order valence-corrected chi connectivity index (χ1v) is 16.7. The van der Waals surface area contributed by atoms with Gasteiger partial charge in [-0.25, -0.2) is 0 Å². The van der Waals surface area contributed by atoms with Crippen molar-refractivity contribution in [3.63, 3.8) is 0 Å². The fourth-order valence-corrected chi connectivity index (χ4v) is 8.33. The van der Waals surface area contributed by atoms with Crippen molar-refractivity contribution in [2.45, 2.75) is 0 Å². The first kappa shape index (κ1) is 26.3. The number of para-hydroxylation sites is 2. The quantitative estimate of drug-likeness (QED) is 0.183. The zero-order valence-electron chi connectivity index (χ0n) is 25.4. The molecule has 0 unspecified atom stereocenters. The Morgan fingerprint density at radius 1 is 0.383 bits per heavy atom. The molecule has 10 aromatic rings. The van der Waals surface area contributed by atoms with Crippen LogP contribution < -0.4 is 4.90 Å². The van der Waals surface area contributed by atoms with Gasteiger partial charge in [0, 0.05) is 47.7 Å². The molecule has 0 saturated heterocycles. The second kappa shape index (κ2) is 10.3. The molecule has 3 heteroatoms. The molecule has 0 atom stereocenters. The normalized spacial score (nSPS) is 11.8. The van der Waals surface area contributed by atoms with Gasteiger partial charge in [0.15, 0.2) is 0 Å². The summed E-state index contributed by atoms with van der Waals surface area (Å²) in [4.78, 5) is 2.40. The van der Waals surface area contributed by atoms with E-state index in [4.69, 9.17) is 4.42 Å². The van der Waals surface area contributed by atoms with E-state index in [1.54, 1.807) is 0 Å². The standard InChI is InChI=1S/C44H27NOS/c1-3-10-28(11-4-1)29-19-23-43-39(24-29)36-22-20-32(26-44(36)47-43)45(31-12-5-2-6-13-31)40-16-9-15-33-34(40)21-18-30-25-38-35-14-7-8-17-41(35)46-42(38)27-37(30)33/h1-27H. The molecular formula is C44H27NOS. The van der Waals surface area contributed by atoms with Crippen LogP contribution in [-0.4, -0.2) is 0 Å². The third-order valence-corrected chi connectivity index (χ3v) is 10.6. The van der Waals surface area contributed by atoms with Crippen LogP contribution in [0.2, 0.25) is 0 Å². The smallest absolute Gasteiger partial charge is 0.136 e. The summed E-state index contributed by atoms with van der Waals surface area (Å²) in [6.45, 7) is 0. The fourth-order valence-electron chi connectivity index (χ4n) is 7.21. The minimum Gasteiger partial charge on any atom is -0.456 e. The maximum Gasteiger partial charge on any atom is 0.136 e. The summed E-state index contributed by atoms with van der Waals surface area (Å²) in [6, 6.07) is 59.1. The van der Waals surface area contributed by atoms with Crippen LogP contribution in [0, 0.1) is 0 Å². The monoisotopic (exact) mass is 617 g/mol. The van der Waals surface area contributed by atoms with E-state index in [1.165, 1.54) is 52.8 Å². The minimum absolute atomic E-state index is 0.919. The SMILES string of the molecule is c1ccc(-c2ccc3sc4cc(N(c5ccccc5)c5cccc6c5ccc5cc7c(cc56)oc5ccccc57)ccc4c3c2)cc1. The van der Waals surface area contributed by atoms with E-state index in [-0.39, 0.29) is 0 Å². The van der Waals surface area contributed by atoms with Crippen molar-refractivity contribution >= 4 is 92.1 Å². The molecule has 2 nitrogen and oxygen atoms in total. The number of thiophene rings is 1. The Morgan fingerprint density at radius 2 is 1.17 bits per heavy atom. The van der Waals surface area contributed by atoms with E-state index < -0.39 is 0 Å². The van der Waals surface area contributed by atoms with Gasteiger partial charge in [0.25, 0.3) is 0 Å². The molecule has 0 aliphatic rings. The number of furan rings is 1. The third kappa shape index (κ3) is 4.17. The van der Waals surface area contributed by atoms with Gasteiger partial charge in [0.05, 0.1) is 5.69 Å². The average molecular weight is 618 g/mol. The van der Waals surface area contributed by atoms with Crippen molar-refractivity contribution in [2.24, 2.45) is 0 Å². The number of benzene rings is 8. The topological polar surface area (TPSA) is 16.4 Å². The molecule has 0 aliphatic carbocycles. The molecule has 0 bridgehead atoms. The second-order valence-electron chi connectivity index (χ2n) is 12.1. The molecule has 0 aliphatic heterocycles. The van der Waals surface area contributed by atoms with Gasteiger partial charge in [-0.2, -0.15) is 0 Å². The summed E-state index contributed by atoms with van der Waals surface area (Å²) in [5.41, 5.74) is 7.74. The Morgan fingerprint density at radius 3 is 2.06 bits per heavy atom. The second-order valence-corrected chi connectivity index (χ2v) is 13.2. The summed E-state index contributed by atoms with van der Waals surface area (Å²) >= 11 is 1.86. The van der Waals surface area contributed by atoms with Gasteiger partial charge in [0.2, 0.25) is 0 Å². The van der Waals surface area contributed by atoms with E-state index in [2.05, 4.69) is 157 Å². The Balaban J connectivity index is 1.16. The molecule has 47 heavy (non-hydrogen) atoms. The van der Waals surface area contributed by atoms with Gasteiger partial charge in [-0.1, -0.05) is 103 Å². The van der Waals surface area contributed by atoms with Crippen LogP contribution in [0.1, 0.15) is 0 Å². The van der Waals surface area contributed by atoms with Gasteiger partial charge in [0.1, 0.15) is 11.2 Å². The van der Waals surface area contributed by atoms with Gasteiger partial charge >= 0.3 is 0 Å². The zero-order valence-corrected chi connectivity index (χ0v) is 26.2. The number of rotatable bonds is 4. The predicted molar refractivity (Wildman–Crippen MR) is 202 cm³/mol. The molecule has 10 rings (SSSR count). The Bertz CT molecular complexity index is 2790. The lowest BCUT2D eigenvalue weighted by Gasteiger charge is -2.27. The average Bonchev–Trinajstić information content (AvgIpc) is 3.68. The number of nitrogens with zero attached hydrogens (tertiary/aromatic N) is 1. The van der Waals surface area contributed by atoms with Crippen molar-refractivity contribution in [1.82, 2.24) is 0 Å². The van der Waals surface area contributed by atoms with Gasteiger partial charge in [-0.15, -0.1) is 11.3 Å². The van der Waals surface area contributed by atoms with Crippen LogP contribution in [0.3, 0.4) is 0 Å². The van der Waals surface area contributed by atoms with Crippen LogP contribution in [0.15, 0.2) is 168 Å². The molecule has 0 saturated carbocycles. The molecule has 0 N–H and O–H groups in total. The van der Waals surface area contributed by atoms with E-state index in [0.29, 0.717) is 0 Å². The van der Waals surface area contributed by atoms with E-state index in [9.17, 15) is 0 Å². The first-order valence-electron chi connectivity index (χ1n) is 15.9. The van der Waals surface area contributed by atoms with Gasteiger partial charge in [-0.05, 0) is 87.9 Å². The lowest BCUT2D eigenvalue weighted by molar-refractivity contribution is 0.669. The predicted octanol–water partition coefficient (Wildman–Crippen LogP) is 13.4. The molecule has 0 spiro atoms. The summed E-state index contributed by atoms with van der Waals surface area (Å²) < 4.78 is 8.90. The zero-order chi connectivity index (χ0) is 30.9. The van der Waals surface area contributed by atoms with Crippen LogP contribution >= 0.6 is 11.3 Å². The molecule has 0 amide bonds. The molecule has 0 radical (unpaired) electrons. The van der Waals surface area contributed by atoms with Crippen molar-refractivity contribution in [1.29, 1.82) is 0 Å². The van der Waals surface area contributed by atoms with Crippen LogP contribution in [0.4, 0.5) is 17.1 Å². The van der Waals surface area contributed by atoms with Crippen molar-refractivity contribution in [3.8, 4) is 11.1 Å². The van der Waals surface area contributed by atoms with Crippen LogP contribution in [0.5, 0.6) is 0 Å². The fraction of sp³-hybridized carbons (Fsp3) is 0. The van der Waals surface area contributed by atoms with Crippen molar-refractivity contribution in [2.75, 3.05) is 4.90 Å². The molecule has 2 heterocycles. The van der Waals surface area contributed by atoms with Crippen molar-refractivity contribution in [3.05, 3.63) is 164 Å². The van der Waals surface area contributed by atoms with Crippen LogP contribution in [0.25, 0.3) is 74.8 Å². The third-order valence-electron chi connectivity index (χ3n) is 9.43. The lowest BCUT2D eigenvalue weighted by Crippen LogP contribution is -2.10. The number of hydrogen-bond donors (Lipinski definition) is 0. The Hall–Kier alpha value is -5.90. The Kier molecular flexibility index (Phi) is 5.78. The molecule has 0 fully saturated rings. The summed E-state index contributed by atoms with van der Waals surface area (Å²) in [7, 11) is 0. The summed E-state index contributed by atoms with van der Waals surface area (Å²) in [5, 5.41) is 9.71. The highest BCUT2D eigenvalue weighted by atomic mass is 32.1. The molecule has 2 aromatic heterocycles. The highest BCUT2D eigenvalue weighted by molar-refractivity contribution is 7.25. The lowest BCUT2D eigenvalue weighted by atomic mass is 9.98. The molecule has 220 valence electrons.